The highest BCUT2D eigenvalue weighted by Gasteiger charge is 2.28. The number of ether oxygens (including phenoxy) is 3. The molecule has 0 aliphatic carbocycles. The summed E-state index contributed by atoms with van der Waals surface area (Å²) < 4.78 is 20.0. The molecule has 0 spiro atoms. The lowest BCUT2D eigenvalue weighted by Crippen LogP contribution is -2.52. The number of fused-ring (bicyclic) bond motifs is 1. The van der Waals surface area contributed by atoms with Gasteiger partial charge in [-0.15, -0.1) is 17.3 Å². The van der Waals surface area contributed by atoms with Crippen LogP contribution in [-0.2, 0) is 9.53 Å². The molecule has 0 bridgehead atoms. The third kappa shape index (κ3) is 8.24. The number of carbonyl (C=O) groups excluding carboxylic acids is 1. The smallest absolute Gasteiger partial charge is 0.307 e. The molecule has 1 aliphatic rings. The number of piperazine rings is 1. The molecule has 1 fully saturated rings. The predicted molar refractivity (Wildman–Crippen MR) is 160 cm³/mol. The van der Waals surface area contributed by atoms with Gasteiger partial charge in [0.2, 0.25) is 0 Å². The van der Waals surface area contributed by atoms with Gasteiger partial charge in [0.05, 0.1) is 25.8 Å². The van der Waals surface area contributed by atoms with E-state index >= 15 is 0 Å². The fourth-order valence-electron chi connectivity index (χ4n) is 4.71. The molecule has 3 aromatic rings. The van der Waals surface area contributed by atoms with Crippen molar-refractivity contribution in [2.45, 2.75) is 37.7 Å². The topological polar surface area (TPSA) is 80.7 Å². The minimum absolute atomic E-state index is 0. The van der Waals surface area contributed by atoms with Crippen LogP contribution in [0.25, 0.3) is 10.8 Å². The zero-order valence-corrected chi connectivity index (χ0v) is 24.2. The van der Waals surface area contributed by atoms with Gasteiger partial charge >= 0.3 is 5.97 Å². The van der Waals surface area contributed by atoms with E-state index in [0.29, 0.717) is 6.42 Å². The maximum absolute atomic E-state index is 12.4. The molecule has 10 heteroatoms. The standard InChI is InChI=1S/C29H35N3O5S.ClH/c1-29(2,38-30-34)21-28(33)36-20-15-27(37-25-14-8-10-22-9-4-5-11-23(22)25)32-18-16-31(17-19-32)24-12-6-7-13-26(24)35-3;/h4-14,27H,15-21H2,1-3H3;1H. The number of nitroso groups, excluding NO2 is 1. The van der Waals surface area contributed by atoms with Crippen molar-refractivity contribution in [2.24, 2.45) is 4.58 Å². The second-order valence-electron chi connectivity index (χ2n) is 9.86. The number of esters is 1. The quantitative estimate of drug-likeness (QED) is 0.142. The average Bonchev–Trinajstić information content (AvgIpc) is 2.92. The fraction of sp³-hybridized carbons (Fsp3) is 0.414. The predicted octanol–water partition coefficient (Wildman–Crippen LogP) is 6.31. The molecule has 0 N–H and O–H groups in total. The molecule has 0 aromatic heterocycles. The van der Waals surface area contributed by atoms with Crippen LogP contribution in [0.1, 0.15) is 26.7 Å². The number of benzene rings is 3. The molecule has 3 aromatic carbocycles. The van der Waals surface area contributed by atoms with E-state index in [4.69, 9.17) is 14.2 Å². The Morgan fingerprint density at radius 1 is 0.974 bits per heavy atom. The summed E-state index contributed by atoms with van der Waals surface area (Å²) in [6.45, 7) is 7.03. The van der Waals surface area contributed by atoms with Crippen molar-refractivity contribution < 1.29 is 19.0 Å². The first-order valence-corrected chi connectivity index (χ1v) is 13.6. The molecule has 8 nitrogen and oxygen atoms in total. The number of methoxy groups -OCH3 is 1. The van der Waals surface area contributed by atoms with E-state index in [2.05, 4.69) is 38.6 Å². The molecule has 39 heavy (non-hydrogen) atoms. The van der Waals surface area contributed by atoms with Crippen molar-refractivity contribution in [1.29, 1.82) is 0 Å². The second kappa shape index (κ2) is 14.4. The van der Waals surface area contributed by atoms with Crippen LogP contribution < -0.4 is 14.4 Å². The molecule has 4 rings (SSSR count). The number of nitrogens with zero attached hydrogens (tertiary/aromatic N) is 3. The molecule has 1 aliphatic heterocycles. The van der Waals surface area contributed by atoms with Crippen LogP contribution in [0.2, 0.25) is 0 Å². The Labute approximate surface area is 240 Å². The van der Waals surface area contributed by atoms with Gasteiger partial charge in [-0.2, -0.15) is 0 Å². The van der Waals surface area contributed by atoms with Crippen LogP contribution in [0.4, 0.5) is 5.69 Å². The number of rotatable bonds is 12. The summed E-state index contributed by atoms with van der Waals surface area (Å²) in [4.78, 5) is 27.7. The average molecular weight is 574 g/mol. The van der Waals surface area contributed by atoms with Gasteiger partial charge in [0, 0.05) is 59.3 Å². The van der Waals surface area contributed by atoms with Crippen LogP contribution in [0.5, 0.6) is 11.5 Å². The highest BCUT2D eigenvalue weighted by molar-refractivity contribution is 7.99. The van der Waals surface area contributed by atoms with E-state index in [9.17, 15) is 9.70 Å². The molecule has 0 amide bonds. The molecule has 0 radical (unpaired) electrons. The van der Waals surface area contributed by atoms with E-state index in [-0.39, 0.29) is 37.6 Å². The lowest BCUT2D eigenvalue weighted by molar-refractivity contribution is -0.145. The van der Waals surface area contributed by atoms with Gasteiger partial charge in [-0.1, -0.05) is 48.5 Å². The first-order valence-electron chi connectivity index (χ1n) is 12.8. The summed E-state index contributed by atoms with van der Waals surface area (Å²) >= 11 is 0.850. The molecule has 0 saturated carbocycles. The third-order valence-electron chi connectivity index (χ3n) is 6.64. The lowest BCUT2D eigenvalue weighted by atomic mass is 10.1. The Kier molecular flexibility index (Phi) is 11.3. The summed E-state index contributed by atoms with van der Waals surface area (Å²) in [7, 11) is 1.69. The summed E-state index contributed by atoms with van der Waals surface area (Å²) in [6, 6.07) is 22.3. The normalized spacial score (nSPS) is 14.8. The van der Waals surface area contributed by atoms with Crippen molar-refractivity contribution in [3.63, 3.8) is 0 Å². The Balaban J connectivity index is 0.00000420. The van der Waals surface area contributed by atoms with Crippen LogP contribution in [-0.4, -0.2) is 61.7 Å². The maximum Gasteiger partial charge on any atom is 0.307 e. The van der Waals surface area contributed by atoms with Crippen molar-refractivity contribution in [1.82, 2.24) is 4.90 Å². The SMILES string of the molecule is COc1ccccc1N1CCN(C(CCOC(=O)CC(C)(C)SN=O)Oc2cccc3ccccc23)CC1.Cl. The van der Waals surface area contributed by atoms with Crippen LogP contribution in [0, 0.1) is 4.91 Å². The van der Waals surface area contributed by atoms with Gasteiger partial charge in [0.15, 0.2) is 6.23 Å². The maximum atomic E-state index is 12.4. The molecule has 1 unspecified atom stereocenters. The Morgan fingerprint density at radius 3 is 2.38 bits per heavy atom. The molecule has 1 heterocycles. The number of anilines is 1. The fourth-order valence-corrected chi connectivity index (χ4v) is 5.09. The molecular formula is C29H36ClN3O5S. The Morgan fingerprint density at radius 2 is 1.64 bits per heavy atom. The van der Waals surface area contributed by atoms with E-state index < -0.39 is 4.75 Å². The summed E-state index contributed by atoms with van der Waals surface area (Å²) in [5, 5.41) is 2.16. The number of hydrogen-bond acceptors (Lipinski definition) is 9. The lowest BCUT2D eigenvalue weighted by Gasteiger charge is -2.40. The minimum Gasteiger partial charge on any atom is -0.495 e. The Hall–Kier alpha value is -3.01. The zero-order valence-electron chi connectivity index (χ0n) is 22.6. The van der Waals surface area contributed by atoms with Gasteiger partial charge < -0.3 is 19.1 Å². The molecule has 210 valence electrons. The summed E-state index contributed by atoms with van der Waals surface area (Å²) in [5.41, 5.74) is 1.08. The van der Waals surface area contributed by atoms with E-state index in [1.807, 2.05) is 42.5 Å². The first-order chi connectivity index (χ1) is 18.4. The monoisotopic (exact) mass is 573 g/mol. The van der Waals surface area contributed by atoms with E-state index in [1.54, 1.807) is 21.0 Å². The van der Waals surface area contributed by atoms with Crippen molar-refractivity contribution in [3.05, 3.63) is 71.6 Å². The van der Waals surface area contributed by atoms with Gasteiger partial charge in [0.25, 0.3) is 0 Å². The van der Waals surface area contributed by atoms with Crippen LogP contribution in [0.3, 0.4) is 0 Å². The molecular weight excluding hydrogens is 538 g/mol. The van der Waals surface area contributed by atoms with Crippen molar-refractivity contribution >= 4 is 46.8 Å². The zero-order chi connectivity index (χ0) is 27.0. The highest BCUT2D eigenvalue weighted by atomic mass is 35.5. The first kappa shape index (κ1) is 30.5. The highest BCUT2D eigenvalue weighted by Crippen LogP contribution is 2.31. The number of carbonyl (C=O) groups is 1. The number of halogens is 1. The molecule has 1 saturated heterocycles. The minimum atomic E-state index is -0.605. The van der Waals surface area contributed by atoms with Gasteiger partial charge in [0.1, 0.15) is 11.5 Å². The van der Waals surface area contributed by atoms with E-state index in [0.717, 1.165) is 66.1 Å². The Bertz CT molecular complexity index is 1230. The van der Waals surface area contributed by atoms with Gasteiger partial charge in [-0.05, 0) is 37.4 Å². The van der Waals surface area contributed by atoms with Gasteiger partial charge in [-0.25, -0.2) is 0 Å². The van der Waals surface area contributed by atoms with Crippen molar-refractivity contribution in [2.75, 3.05) is 44.8 Å². The van der Waals surface area contributed by atoms with Crippen LogP contribution >= 0.6 is 24.4 Å². The van der Waals surface area contributed by atoms with E-state index in [1.165, 1.54) is 0 Å². The van der Waals surface area contributed by atoms with Gasteiger partial charge in [-0.3, -0.25) is 9.69 Å². The number of hydrogen-bond donors (Lipinski definition) is 0. The van der Waals surface area contributed by atoms with Crippen LogP contribution in [0.15, 0.2) is 71.3 Å². The molecule has 1 atom stereocenters. The largest absolute Gasteiger partial charge is 0.495 e. The summed E-state index contributed by atoms with van der Waals surface area (Å²) in [5.74, 6) is 1.32. The third-order valence-corrected chi connectivity index (χ3v) is 7.36. The van der Waals surface area contributed by atoms with Crippen molar-refractivity contribution in [3.8, 4) is 11.5 Å². The summed E-state index contributed by atoms with van der Waals surface area (Å²) in [6.07, 6.45) is 0.353. The number of para-hydroxylation sites is 2. The second-order valence-corrected chi connectivity index (χ2v) is 11.3.